The summed E-state index contributed by atoms with van der Waals surface area (Å²) in [6.07, 6.45) is 12.2. The van der Waals surface area contributed by atoms with Crippen LogP contribution >= 0.6 is 0 Å². The SMILES string of the molecule is C#CCOC1=CC(C=O)(Cc2cccc(S(C)(=O)=O)c2)CC=C1c1ccc(C(C)C)cc1. The Morgan fingerprint density at radius 1 is 1.19 bits per heavy atom. The molecule has 0 bridgehead atoms. The molecule has 0 saturated carbocycles. The first-order chi connectivity index (χ1) is 15.2. The summed E-state index contributed by atoms with van der Waals surface area (Å²) in [7, 11) is -3.33. The topological polar surface area (TPSA) is 60.4 Å². The van der Waals surface area contributed by atoms with Gasteiger partial charge >= 0.3 is 0 Å². The third-order valence-corrected chi connectivity index (χ3v) is 6.77. The van der Waals surface area contributed by atoms with Gasteiger partial charge in [0, 0.05) is 11.8 Å². The summed E-state index contributed by atoms with van der Waals surface area (Å²) in [6, 6.07) is 15.0. The molecular formula is C27H28O4S. The minimum Gasteiger partial charge on any atom is -0.481 e. The van der Waals surface area contributed by atoms with Crippen molar-refractivity contribution in [3.8, 4) is 12.3 Å². The molecule has 166 valence electrons. The number of rotatable bonds is 8. The molecule has 4 nitrogen and oxygen atoms in total. The summed E-state index contributed by atoms with van der Waals surface area (Å²) in [4.78, 5) is 12.5. The summed E-state index contributed by atoms with van der Waals surface area (Å²) < 4.78 is 29.7. The molecule has 0 amide bonds. The first-order valence-electron chi connectivity index (χ1n) is 10.5. The van der Waals surface area contributed by atoms with Gasteiger partial charge in [-0.05, 0) is 53.7 Å². The van der Waals surface area contributed by atoms with Gasteiger partial charge in [0.25, 0.3) is 0 Å². The zero-order valence-electron chi connectivity index (χ0n) is 18.7. The Hall–Kier alpha value is -3.10. The molecule has 1 aliphatic rings. The average molecular weight is 449 g/mol. The highest BCUT2D eigenvalue weighted by Gasteiger charge is 2.33. The van der Waals surface area contributed by atoms with Crippen LogP contribution < -0.4 is 0 Å². The molecule has 0 radical (unpaired) electrons. The molecule has 1 atom stereocenters. The van der Waals surface area contributed by atoms with Gasteiger partial charge in [0.05, 0.1) is 10.3 Å². The van der Waals surface area contributed by atoms with Gasteiger partial charge in [0.2, 0.25) is 0 Å². The minimum absolute atomic E-state index is 0.0890. The Morgan fingerprint density at radius 2 is 1.91 bits per heavy atom. The predicted octanol–water partition coefficient (Wildman–Crippen LogP) is 4.96. The van der Waals surface area contributed by atoms with Crippen molar-refractivity contribution >= 4 is 21.7 Å². The molecule has 0 aliphatic heterocycles. The molecule has 0 heterocycles. The molecule has 1 aliphatic carbocycles. The maximum atomic E-state index is 12.3. The molecule has 0 fully saturated rings. The first kappa shape index (κ1) is 23.6. The summed E-state index contributed by atoms with van der Waals surface area (Å²) in [5.41, 5.74) is 3.06. The van der Waals surface area contributed by atoms with Crippen LogP contribution in [0.2, 0.25) is 0 Å². The van der Waals surface area contributed by atoms with Gasteiger partial charge in [-0.1, -0.05) is 62.2 Å². The van der Waals surface area contributed by atoms with Crippen molar-refractivity contribution in [2.45, 2.75) is 37.5 Å². The molecular weight excluding hydrogens is 420 g/mol. The smallest absolute Gasteiger partial charge is 0.175 e. The third-order valence-electron chi connectivity index (χ3n) is 5.66. The van der Waals surface area contributed by atoms with Gasteiger partial charge in [-0.25, -0.2) is 8.42 Å². The van der Waals surface area contributed by atoms with E-state index in [1.54, 1.807) is 18.2 Å². The van der Waals surface area contributed by atoms with Gasteiger partial charge in [0.15, 0.2) is 9.84 Å². The Labute approximate surface area is 190 Å². The Bertz CT molecular complexity index is 1190. The maximum absolute atomic E-state index is 12.3. The second-order valence-electron chi connectivity index (χ2n) is 8.55. The van der Waals surface area contributed by atoms with E-state index in [0.717, 1.165) is 23.0 Å². The quantitative estimate of drug-likeness (QED) is 0.423. The number of benzene rings is 2. The largest absolute Gasteiger partial charge is 0.481 e. The van der Waals surface area contributed by atoms with Crippen molar-refractivity contribution in [1.82, 2.24) is 0 Å². The minimum atomic E-state index is -3.33. The second-order valence-corrected chi connectivity index (χ2v) is 10.6. The van der Waals surface area contributed by atoms with Crippen molar-refractivity contribution in [2.24, 2.45) is 5.41 Å². The summed E-state index contributed by atoms with van der Waals surface area (Å²) >= 11 is 0. The third kappa shape index (κ3) is 5.38. The van der Waals surface area contributed by atoms with E-state index in [9.17, 15) is 13.2 Å². The average Bonchev–Trinajstić information content (AvgIpc) is 2.77. The van der Waals surface area contributed by atoms with Gasteiger partial charge < -0.3 is 9.53 Å². The molecule has 1 unspecified atom stereocenters. The summed E-state index contributed by atoms with van der Waals surface area (Å²) in [5, 5.41) is 0. The first-order valence-corrected chi connectivity index (χ1v) is 12.4. The van der Waals surface area contributed by atoms with E-state index in [1.165, 1.54) is 11.8 Å². The highest BCUT2D eigenvalue weighted by atomic mass is 32.2. The highest BCUT2D eigenvalue weighted by molar-refractivity contribution is 7.90. The van der Waals surface area contributed by atoms with E-state index in [-0.39, 0.29) is 11.5 Å². The second kappa shape index (κ2) is 9.58. The zero-order valence-corrected chi connectivity index (χ0v) is 19.5. The Morgan fingerprint density at radius 3 is 2.50 bits per heavy atom. The van der Waals surface area contributed by atoms with Crippen LogP contribution in [-0.2, 0) is 25.8 Å². The van der Waals surface area contributed by atoms with Crippen LogP contribution in [0.3, 0.4) is 0 Å². The highest BCUT2D eigenvalue weighted by Crippen LogP contribution is 2.39. The number of aldehydes is 1. The van der Waals surface area contributed by atoms with E-state index in [4.69, 9.17) is 11.2 Å². The number of carbonyl (C=O) groups excluding carboxylic acids is 1. The van der Waals surface area contributed by atoms with Gasteiger partial charge in [-0.2, -0.15) is 0 Å². The van der Waals surface area contributed by atoms with E-state index in [0.29, 0.717) is 24.5 Å². The van der Waals surface area contributed by atoms with E-state index in [1.807, 2.05) is 18.2 Å². The lowest BCUT2D eigenvalue weighted by Gasteiger charge is -2.30. The maximum Gasteiger partial charge on any atom is 0.175 e. The normalized spacial score (nSPS) is 18.5. The van der Waals surface area contributed by atoms with Crippen molar-refractivity contribution < 1.29 is 17.9 Å². The lowest BCUT2D eigenvalue weighted by molar-refractivity contribution is -0.114. The lowest BCUT2D eigenvalue weighted by atomic mass is 9.75. The van der Waals surface area contributed by atoms with Crippen LogP contribution in [0.5, 0.6) is 0 Å². The van der Waals surface area contributed by atoms with Crippen molar-refractivity contribution in [2.75, 3.05) is 12.9 Å². The standard InChI is InChI=1S/C27H28O4S/c1-5-15-31-26-18-27(19-28,17-21-7-6-8-24(16-21)32(4,29)30)14-13-25(26)23-11-9-22(10-12-23)20(2)3/h1,6-13,16,18-20H,14-15,17H2,2-4H3. The summed E-state index contributed by atoms with van der Waals surface area (Å²) in [5.74, 6) is 3.49. The van der Waals surface area contributed by atoms with Crippen LogP contribution in [-0.4, -0.2) is 27.6 Å². The fourth-order valence-corrected chi connectivity index (χ4v) is 4.54. The molecule has 0 spiro atoms. The van der Waals surface area contributed by atoms with E-state index >= 15 is 0 Å². The summed E-state index contributed by atoms with van der Waals surface area (Å²) in [6.45, 7) is 4.38. The van der Waals surface area contributed by atoms with E-state index in [2.05, 4.69) is 44.0 Å². The van der Waals surface area contributed by atoms with Crippen molar-refractivity contribution in [3.63, 3.8) is 0 Å². The van der Waals surface area contributed by atoms with Crippen LogP contribution in [0.1, 0.15) is 42.9 Å². The molecule has 32 heavy (non-hydrogen) atoms. The fraction of sp³-hybridized carbons (Fsp3) is 0.296. The molecule has 2 aromatic rings. The number of sulfone groups is 1. The van der Waals surface area contributed by atoms with Crippen LogP contribution in [0.4, 0.5) is 0 Å². The van der Waals surface area contributed by atoms with Crippen molar-refractivity contribution in [1.29, 1.82) is 0 Å². The number of allylic oxidation sites excluding steroid dienone is 3. The van der Waals surface area contributed by atoms with E-state index < -0.39 is 15.3 Å². The molecule has 5 heteroatoms. The fourth-order valence-electron chi connectivity index (χ4n) is 3.85. The predicted molar refractivity (Wildman–Crippen MR) is 128 cm³/mol. The van der Waals surface area contributed by atoms with Gasteiger partial charge in [-0.15, -0.1) is 6.42 Å². The van der Waals surface area contributed by atoms with Crippen LogP contribution in [0, 0.1) is 17.8 Å². The molecule has 0 aromatic heterocycles. The number of hydrogen-bond donors (Lipinski definition) is 0. The van der Waals surface area contributed by atoms with Gasteiger partial charge in [0.1, 0.15) is 18.7 Å². The van der Waals surface area contributed by atoms with Crippen molar-refractivity contribution in [3.05, 3.63) is 83.1 Å². The zero-order chi connectivity index (χ0) is 23.4. The molecule has 2 aromatic carbocycles. The number of ether oxygens (including phenoxy) is 1. The van der Waals surface area contributed by atoms with Crippen LogP contribution in [0.15, 0.2) is 71.3 Å². The lowest BCUT2D eigenvalue weighted by Crippen LogP contribution is -2.26. The van der Waals surface area contributed by atoms with Crippen LogP contribution in [0.25, 0.3) is 5.57 Å². The molecule has 3 rings (SSSR count). The Balaban J connectivity index is 1.96. The number of hydrogen-bond acceptors (Lipinski definition) is 4. The monoisotopic (exact) mass is 448 g/mol. The number of carbonyl (C=O) groups is 1. The van der Waals surface area contributed by atoms with Gasteiger partial charge in [-0.3, -0.25) is 0 Å². The Kier molecular flexibility index (Phi) is 7.06. The number of terminal acetylenes is 1. The molecule has 0 N–H and O–H groups in total. The molecule has 0 saturated heterocycles.